The molecule has 0 atom stereocenters. The van der Waals surface area contributed by atoms with Crippen molar-refractivity contribution in [1.82, 2.24) is 19.7 Å². The van der Waals surface area contributed by atoms with Crippen molar-refractivity contribution in [2.24, 2.45) is 0 Å². The Morgan fingerprint density at radius 1 is 1.14 bits per heavy atom. The summed E-state index contributed by atoms with van der Waals surface area (Å²) in [4.78, 5) is 20.3. The van der Waals surface area contributed by atoms with E-state index in [0.29, 0.717) is 12.1 Å². The normalized spacial score (nSPS) is 11.6. The number of carboxylic acids is 1. The molecule has 3 rings (SSSR count). The number of aryl methyl sites for hydroxylation is 1. The van der Waals surface area contributed by atoms with Crippen LogP contribution in [0.5, 0.6) is 0 Å². The summed E-state index contributed by atoms with van der Waals surface area (Å²) in [7, 11) is 0. The van der Waals surface area contributed by atoms with Gasteiger partial charge in [-0.05, 0) is 23.6 Å². The Labute approximate surface area is 171 Å². The van der Waals surface area contributed by atoms with Crippen LogP contribution in [0.1, 0.15) is 68.1 Å². The third kappa shape index (κ3) is 4.88. The zero-order valence-electron chi connectivity index (χ0n) is 17.5. The fraction of sp³-hybridized carbons (Fsp3) is 0.391. The molecule has 0 aliphatic rings. The molecule has 29 heavy (non-hydrogen) atoms. The van der Waals surface area contributed by atoms with E-state index in [1.807, 2.05) is 28.9 Å². The molecule has 6 nitrogen and oxygen atoms in total. The maximum absolute atomic E-state index is 11.5. The summed E-state index contributed by atoms with van der Waals surface area (Å²) in [5, 5.41) is 14.2. The Balaban J connectivity index is 1.87. The minimum Gasteiger partial charge on any atom is -0.478 e. The Bertz CT molecular complexity index is 985. The van der Waals surface area contributed by atoms with Crippen molar-refractivity contribution in [2.45, 2.75) is 58.9 Å². The molecule has 0 aliphatic heterocycles. The van der Waals surface area contributed by atoms with Gasteiger partial charge in [0.05, 0.1) is 12.1 Å². The number of benzene rings is 1. The first kappa shape index (κ1) is 20.7. The van der Waals surface area contributed by atoms with Gasteiger partial charge in [0.1, 0.15) is 5.82 Å². The lowest BCUT2D eigenvalue weighted by molar-refractivity contribution is 0.0697. The van der Waals surface area contributed by atoms with E-state index in [2.05, 4.69) is 32.7 Å². The highest BCUT2D eigenvalue weighted by Gasteiger charge is 2.21. The predicted octanol–water partition coefficient (Wildman–Crippen LogP) is 4.73. The number of rotatable bonds is 7. The monoisotopic (exact) mass is 392 g/mol. The van der Waals surface area contributed by atoms with Crippen molar-refractivity contribution in [2.75, 3.05) is 0 Å². The van der Waals surface area contributed by atoms with Crippen LogP contribution >= 0.6 is 0 Å². The molecule has 0 spiro atoms. The third-order valence-corrected chi connectivity index (χ3v) is 4.82. The molecule has 0 aliphatic carbocycles. The Morgan fingerprint density at radius 2 is 1.86 bits per heavy atom. The molecule has 0 radical (unpaired) electrons. The Hall–Kier alpha value is -3.02. The SMILES string of the molecule is CCCCc1nc(C(C)(C)C)nn1Cc1ccc(-c2cnccc2C(=O)O)cc1. The lowest BCUT2D eigenvalue weighted by atomic mass is 9.96. The first-order valence-electron chi connectivity index (χ1n) is 10.0. The zero-order chi connectivity index (χ0) is 21.0. The van der Waals surface area contributed by atoms with Crippen LogP contribution in [0.25, 0.3) is 11.1 Å². The highest BCUT2D eigenvalue weighted by atomic mass is 16.4. The van der Waals surface area contributed by atoms with Crippen LogP contribution in [0.15, 0.2) is 42.7 Å². The number of aromatic nitrogens is 4. The second kappa shape index (κ2) is 8.55. The summed E-state index contributed by atoms with van der Waals surface area (Å²) in [5.41, 5.74) is 2.70. The van der Waals surface area contributed by atoms with Gasteiger partial charge in [-0.25, -0.2) is 14.5 Å². The van der Waals surface area contributed by atoms with Gasteiger partial charge in [0.15, 0.2) is 5.82 Å². The van der Waals surface area contributed by atoms with Crippen molar-refractivity contribution in [3.63, 3.8) is 0 Å². The summed E-state index contributed by atoms with van der Waals surface area (Å²) in [5.74, 6) is 0.923. The predicted molar refractivity (Wildman–Crippen MR) is 113 cm³/mol. The fourth-order valence-electron chi connectivity index (χ4n) is 3.11. The molecule has 1 N–H and O–H groups in total. The van der Waals surface area contributed by atoms with Crippen molar-refractivity contribution >= 4 is 5.97 Å². The van der Waals surface area contributed by atoms with Crippen molar-refractivity contribution < 1.29 is 9.90 Å². The van der Waals surface area contributed by atoms with Gasteiger partial charge in [-0.3, -0.25) is 4.98 Å². The molecule has 0 unspecified atom stereocenters. The molecular weight excluding hydrogens is 364 g/mol. The van der Waals surface area contributed by atoms with E-state index in [4.69, 9.17) is 10.1 Å². The van der Waals surface area contributed by atoms with Crippen molar-refractivity contribution in [3.05, 3.63) is 65.5 Å². The number of aromatic carboxylic acids is 1. The number of unbranched alkanes of at least 4 members (excludes halogenated alkanes) is 1. The summed E-state index contributed by atoms with van der Waals surface area (Å²) < 4.78 is 2.00. The van der Waals surface area contributed by atoms with E-state index >= 15 is 0 Å². The molecule has 2 aromatic heterocycles. The molecule has 0 fully saturated rings. The van der Waals surface area contributed by atoms with Crippen LogP contribution in [-0.4, -0.2) is 30.8 Å². The number of carboxylic acid groups (broad SMARTS) is 1. The van der Waals surface area contributed by atoms with Crippen LogP contribution < -0.4 is 0 Å². The van der Waals surface area contributed by atoms with E-state index in [0.717, 1.165) is 42.0 Å². The van der Waals surface area contributed by atoms with Gasteiger partial charge in [0.2, 0.25) is 0 Å². The van der Waals surface area contributed by atoms with Crippen LogP contribution in [0.4, 0.5) is 0 Å². The molecule has 0 saturated carbocycles. The molecule has 6 heteroatoms. The average Bonchev–Trinajstić information content (AvgIpc) is 3.10. The largest absolute Gasteiger partial charge is 0.478 e. The van der Waals surface area contributed by atoms with Gasteiger partial charge < -0.3 is 5.11 Å². The van der Waals surface area contributed by atoms with Gasteiger partial charge >= 0.3 is 5.97 Å². The minimum atomic E-state index is -0.954. The minimum absolute atomic E-state index is 0.0936. The molecular formula is C23H28N4O2. The number of nitrogens with zero attached hydrogens (tertiary/aromatic N) is 4. The van der Waals surface area contributed by atoms with E-state index in [9.17, 15) is 9.90 Å². The first-order chi connectivity index (χ1) is 13.8. The smallest absolute Gasteiger partial charge is 0.336 e. The Morgan fingerprint density at radius 3 is 2.48 bits per heavy atom. The van der Waals surface area contributed by atoms with Crippen LogP contribution in [0.2, 0.25) is 0 Å². The van der Waals surface area contributed by atoms with Crippen LogP contribution in [0, 0.1) is 0 Å². The van der Waals surface area contributed by atoms with Gasteiger partial charge in [0, 0.05) is 29.8 Å². The first-order valence-corrected chi connectivity index (χ1v) is 10.0. The molecule has 152 valence electrons. The molecule has 0 saturated heterocycles. The average molecular weight is 393 g/mol. The van der Waals surface area contributed by atoms with Gasteiger partial charge in [-0.15, -0.1) is 0 Å². The highest BCUT2D eigenvalue weighted by Crippen LogP contribution is 2.24. The second-order valence-corrected chi connectivity index (χ2v) is 8.29. The van der Waals surface area contributed by atoms with Gasteiger partial charge in [-0.1, -0.05) is 58.4 Å². The summed E-state index contributed by atoms with van der Waals surface area (Å²) in [6.45, 7) is 9.19. The number of hydrogen-bond donors (Lipinski definition) is 1. The fourth-order valence-corrected chi connectivity index (χ4v) is 3.11. The second-order valence-electron chi connectivity index (χ2n) is 8.29. The van der Waals surface area contributed by atoms with Gasteiger partial charge in [-0.2, -0.15) is 5.10 Å². The van der Waals surface area contributed by atoms with E-state index in [1.54, 1.807) is 6.20 Å². The zero-order valence-corrected chi connectivity index (χ0v) is 17.5. The maximum atomic E-state index is 11.5. The number of pyridine rings is 1. The molecule has 0 bridgehead atoms. The molecule has 2 heterocycles. The maximum Gasteiger partial charge on any atom is 0.336 e. The van der Waals surface area contributed by atoms with Crippen LogP contribution in [-0.2, 0) is 18.4 Å². The lowest BCUT2D eigenvalue weighted by Crippen LogP contribution is -2.14. The lowest BCUT2D eigenvalue weighted by Gasteiger charge is -2.12. The molecule has 1 aromatic carbocycles. The molecule has 3 aromatic rings. The summed E-state index contributed by atoms with van der Waals surface area (Å²) in [6, 6.07) is 9.42. The topological polar surface area (TPSA) is 80.9 Å². The van der Waals surface area contributed by atoms with Gasteiger partial charge in [0.25, 0.3) is 0 Å². The number of hydrogen-bond acceptors (Lipinski definition) is 4. The van der Waals surface area contributed by atoms with Crippen LogP contribution in [0.3, 0.4) is 0 Å². The van der Waals surface area contributed by atoms with Crippen molar-refractivity contribution in [3.8, 4) is 11.1 Å². The third-order valence-electron chi connectivity index (χ3n) is 4.82. The molecule has 0 amide bonds. The Kier molecular flexibility index (Phi) is 6.11. The van der Waals surface area contributed by atoms with Crippen molar-refractivity contribution in [1.29, 1.82) is 0 Å². The summed E-state index contributed by atoms with van der Waals surface area (Å²) >= 11 is 0. The summed E-state index contributed by atoms with van der Waals surface area (Å²) in [6.07, 6.45) is 6.20. The number of carbonyl (C=O) groups is 1. The highest BCUT2D eigenvalue weighted by molar-refractivity contribution is 5.95. The van der Waals surface area contributed by atoms with E-state index in [-0.39, 0.29) is 11.0 Å². The standard InChI is InChI=1S/C23H28N4O2/c1-5-6-7-20-25-22(23(2,3)4)26-27(20)15-16-8-10-17(11-9-16)19-14-24-13-12-18(19)21(28)29/h8-14H,5-7,15H2,1-4H3,(H,28,29). The van der Waals surface area contributed by atoms with E-state index in [1.165, 1.54) is 12.3 Å². The van der Waals surface area contributed by atoms with E-state index < -0.39 is 5.97 Å². The quantitative estimate of drug-likeness (QED) is 0.629.